The summed E-state index contributed by atoms with van der Waals surface area (Å²) in [4.78, 5) is 8.70. The van der Waals surface area contributed by atoms with Crippen LogP contribution < -0.4 is 11.1 Å². The van der Waals surface area contributed by atoms with Crippen molar-refractivity contribution in [2.75, 3.05) is 11.6 Å². The van der Waals surface area contributed by atoms with Crippen LogP contribution in [-0.4, -0.2) is 50.7 Å². The third-order valence-corrected chi connectivity index (χ3v) is 10.7. The lowest BCUT2D eigenvalue weighted by Gasteiger charge is -2.38. The maximum absolute atomic E-state index is 15.3. The minimum Gasteiger partial charge on any atom is -0.385 e. The summed E-state index contributed by atoms with van der Waals surface area (Å²) in [6, 6.07) is 6.99. The molecule has 42 heavy (non-hydrogen) atoms. The highest BCUT2D eigenvalue weighted by molar-refractivity contribution is 7.91. The molecule has 0 amide bonds. The lowest BCUT2D eigenvalue weighted by atomic mass is 9.76. The van der Waals surface area contributed by atoms with Gasteiger partial charge in [0.05, 0.1) is 45.7 Å². The van der Waals surface area contributed by atoms with Crippen molar-refractivity contribution >= 4 is 27.0 Å². The molecule has 2 aliphatic rings. The molecule has 222 valence electrons. The van der Waals surface area contributed by atoms with Gasteiger partial charge in [-0.05, 0) is 79.0 Å². The van der Waals surface area contributed by atoms with E-state index in [-0.39, 0.29) is 28.7 Å². The Balaban J connectivity index is 1.32. The number of aliphatic hydroxyl groups is 1. The number of hydrogen-bond acceptors (Lipinski definition) is 8. The summed E-state index contributed by atoms with van der Waals surface area (Å²) in [5.74, 6) is -1.41. The van der Waals surface area contributed by atoms with Gasteiger partial charge in [-0.3, -0.25) is 4.98 Å². The molecule has 4 aromatic rings. The molecule has 4 N–H and O–H groups in total. The molecule has 12 heteroatoms. The highest BCUT2D eigenvalue weighted by Gasteiger charge is 2.40. The van der Waals surface area contributed by atoms with E-state index in [0.717, 1.165) is 18.4 Å². The molecule has 0 bridgehead atoms. The summed E-state index contributed by atoms with van der Waals surface area (Å²) in [6.07, 6.45) is 9.86. The predicted octanol–water partition coefficient (Wildman–Crippen LogP) is 4.83. The van der Waals surface area contributed by atoms with Gasteiger partial charge in [0, 0.05) is 18.5 Å². The lowest BCUT2D eigenvalue weighted by molar-refractivity contribution is 0.0438. The number of pyridine rings is 1. The van der Waals surface area contributed by atoms with E-state index in [1.54, 1.807) is 24.7 Å². The number of fused-ring (bicyclic) bond motifs is 1. The number of anilines is 2. The Bertz CT molecular complexity index is 1720. The first-order valence-electron chi connectivity index (χ1n) is 14.2. The van der Waals surface area contributed by atoms with E-state index in [2.05, 4.69) is 20.4 Å². The Labute approximate surface area is 243 Å². The molecule has 6 rings (SSSR count). The van der Waals surface area contributed by atoms with Gasteiger partial charge in [-0.25, -0.2) is 22.2 Å². The number of halogens is 2. The summed E-state index contributed by atoms with van der Waals surface area (Å²) in [5, 5.41) is 18.0. The molecule has 0 radical (unpaired) electrons. The number of nitrogens with two attached hydrogens (primary N) is 1. The zero-order chi connectivity index (χ0) is 29.8. The Morgan fingerprint density at radius 1 is 1.10 bits per heavy atom. The van der Waals surface area contributed by atoms with Gasteiger partial charge in [-0.1, -0.05) is 19.8 Å². The Kier molecular flexibility index (Phi) is 7.27. The Morgan fingerprint density at radius 2 is 1.81 bits per heavy atom. The summed E-state index contributed by atoms with van der Waals surface area (Å²) in [7, 11) is -3.29. The number of rotatable bonds is 6. The molecule has 4 atom stereocenters. The molecule has 9 nitrogen and oxygen atoms in total. The minimum absolute atomic E-state index is 0.00959. The predicted molar refractivity (Wildman–Crippen MR) is 156 cm³/mol. The Hall–Kier alpha value is -3.48. The van der Waals surface area contributed by atoms with Crippen LogP contribution in [0.4, 0.5) is 20.4 Å². The number of nitrogens with one attached hydrogen (secondary N) is 1. The van der Waals surface area contributed by atoms with E-state index in [9.17, 15) is 13.5 Å². The van der Waals surface area contributed by atoms with Crippen LogP contribution in [0.2, 0.25) is 0 Å². The largest absolute Gasteiger partial charge is 0.385 e. The van der Waals surface area contributed by atoms with Crippen molar-refractivity contribution in [3.05, 3.63) is 71.7 Å². The SMILES string of the molecule is C[C@H]1C[C@@H](c2ccncc2Nc2ncc3ccc(-c4c(F)cc(C5(O)CCCC5)cc4F)nn23)C[C@@H](N)[C@H]1S(C)(=O)=O. The molecule has 2 saturated carbocycles. The van der Waals surface area contributed by atoms with Crippen molar-refractivity contribution in [3.63, 3.8) is 0 Å². The average molecular weight is 597 g/mol. The van der Waals surface area contributed by atoms with Crippen molar-refractivity contribution < 1.29 is 22.3 Å². The average Bonchev–Trinajstić information content (AvgIpc) is 3.54. The number of aromatic nitrogens is 4. The van der Waals surface area contributed by atoms with Crippen molar-refractivity contribution in [3.8, 4) is 11.3 Å². The monoisotopic (exact) mass is 596 g/mol. The summed E-state index contributed by atoms with van der Waals surface area (Å²) < 4.78 is 56.8. The highest BCUT2D eigenvalue weighted by atomic mass is 32.2. The van der Waals surface area contributed by atoms with Crippen LogP contribution in [0.15, 0.2) is 48.9 Å². The number of benzene rings is 1. The maximum Gasteiger partial charge on any atom is 0.229 e. The smallest absolute Gasteiger partial charge is 0.229 e. The van der Waals surface area contributed by atoms with Crippen molar-refractivity contribution in [2.45, 2.75) is 68.3 Å². The third-order valence-electron chi connectivity index (χ3n) is 8.88. The quantitative estimate of drug-likeness (QED) is 0.288. The zero-order valence-electron chi connectivity index (χ0n) is 23.5. The molecular formula is C30H34F2N6O3S. The first kappa shape index (κ1) is 28.6. The zero-order valence-corrected chi connectivity index (χ0v) is 24.3. The summed E-state index contributed by atoms with van der Waals surface area (Å²) in [5.41, 5.74) is 7.38. The van der Waals surface area contributed by atoms with Gasteiger partial charge in [0.25, 0.3) is 0 Å². The van der Waals surface area contributed by atoms with E-state index >= 15 is 8.78 Å². The second-order valence-electron chi connectivity index (χ2n) is 11.9. The fourth-order valence-electron chi connectivity index (χ4n) is 6.98. The van der Waals surface area contributed by atoms with Crippen LogP contribution in [0.1, 0.15) is 62.5 Å². The summed E-state index contributed by atoms with van der Waals surface area (Å²) >= 11 is 0. The van der Waals surface area contributed by atoms with Crippen molar-refractivity contribution in [1.82, 2.24) is 19.6 Å². The highest BCUT2D eigenvalue weighted by Crippen LogP contribution is 2.42. The number of sulfone groups is 1. The van der Waals surface area contributed by atoms with E-state index in [0.29, 0.717) is 42.8 Å². The standard InChI is InChI=1S/C30H34F2N6O3S/c1-17-11-18(12-24(33)28(17)42(2,40)41)21-7-10-34-16-26(21)36-29-35-15-20-5-6-25(37-38(20)29)27-22(31)13-19(14-23(27)32)30(39)8-3-4-9-30/h5-7,10,13-18,24,28,39H,3-4,8-9,11-12,33H2,1-2H3,(H,35,36)/t17-,18+,24+,28-/m0/s1. The molecule has 1 aromatic carbocycles. The number of imidazole rings is 1. The van der Waals surface area contributed by atoms with Gasteiger partial charge in [-0.15, -0.1) is 0 Å². The van der Waals surface area contributed by atoms with Gasteiger partial charge in [0.15, 0.2) is 9.84 Å². The molecule has 0 unspecified atom stereocenters. The minimum atomic E-state index is -3.29. The van der Waals surface area contributed by atoms with Gasteiger partial charge in [0.2, 0.25) is 5.95 Å². The summed E-state index contributed by atoms with van der Waals surface area (Å²) in [6.45, 7) is 1.92. The molecule has 3 aromatic heterocycles. The fraction of sp³-hybridized carbons (Fsp3) is 0.433. The molecule has 0 spiro atoms. The topological polar surface area (TPSA) is 136 Å². The van der Waals surface area contributed by atoms with E-state index in [4.69, 9.17) is 5.73 Å². The van der Waals surface area contributed by atoms with Gasteiger partial charge in [-0.2, -0.15) is 9.61 Å². The maximum atomic E-state index is 15.3. The van der Waals surface area contributed by atoms with E-state index in [1.807, 2.05) is 13.0 Å². The second kappa shape index (κ2) is 10.7. The molecular weight excluding hydrogens is 562 g/mol. The molecule has 0 aliphatic heterocycles. The number of nitrogens with zero attached hydrogens (tertiary/aromatic N) is 4. The first-order valence-corrected chi connectivity index (χ1v) is 16.1. The van der Waals surface area contributed by atoms with Crippen LogP contribution in [0, 0.1) is 17.6 Å². The van der Waals surface area contributed by atoms with Gasteiger partial charge >= 0.3 is 0 Å². The molecule has 2 fully saturated rings. The van der Waals surface area contributed by atoms with E-state index < -0.39 is 38.4 Å². The van der Waals surface area contributed by atoms with Crippen molar-refractivity contribution in [2.24, 2.45) is 11.7 Å². The first-order chi connectivity index (χ1) is 19.9. The van der Waals surface area contributed by atoms with Crippen molar-refractivity contribution in [1.29, 1.82) is 0 Å². The third kappa shape index (κ3) is 5.16. The lowest BCUT2D eigenvalue weighted by Crippen LogP contribution is -2.48. The van der Waals surface area contributed by atoms with Crippen LogP contribution >= 0.6 is 0 Å². The molecule has 3 heterocycles. The van der Waals surface area contributed by atoms with E-state index in [1.165, 1.54) is 29.0 Å². The van der Waals surface area contributed by atoms with Crippen LogP contribution in [0.3, 0.4) is 0 Å². The van der Waals surface area contributed by atoms with Gasteiger partial charge < -0.3 is 16.2 Å². The van der Waals surface area contributed by atoms with Crippen LogP contribution in [0.25, 0.3) is 16.8 Å². The normalized spacial score (nSPS) is 24.2. The number of hydrogen-bond donors (Lipinski definition) is 3. The second-order valence-corrected chi connectivity index (χ2v) is 14.1. The van der Waals surface area contributed by atoms with Gasteiger partial charge in [0.1, 0.15) is 11.6 Å². The molecule has 2 aliphatic carbocycles. The Morgan fingerprint density at radius 3 is 2.48 bits per heavy atom. The molecule has 0 saturated heterocycles. The van der Waals surface area contributed by atoms with Crippen LogP contribution in [-0.2, 0) is 15.4 Å². The fourth-order valence-corrected chi connectivity index (χ4v) is 8.68. The van der Waals surface area contributed by atoms with Crippen LogP contribution in [0.5, 0.6) is 0 Å².